The van der Waals surface area contributed by atoms with E-state index in [1.54, 1.807) is 11.9 Å². The highest BCUT2D eigenvalue weighted by atomic mass is 16.6. The van der Waals surface area contributed by atoms with Crippen LogP contribution in [0.4, 0.5) is 11.5 Å². The summed E-state index contributed by atoms with van der Waals surface area (Å²) in [5, 5.41) is 14.9. The monoisotopic (exact) mass is 256 g/mol. The lowest BCUT2D eigenvalue weighted by atomic mass is 10.3. The molecule has 0 saturated heterocycles. The molecule has 0 bridgehead atoms. The molecular weight excluding hydrogens is 240 g/mol. The fourth-order valence-electron chi connectivity index (χ4n) is 1.56. The average molecular weight is 256 g/mol. The molecular formula is C10H16N4O4. The Balaban J connectivity index is 2.87. The van der Waals surface area contributed by atoms with Gasteiger partial charge in [-0.05, 0) is 6.92 Å². The minimum atomic E-state index is -0.483. The molecule has 0 radical (unpaired) electrons. The second-order valence-corrected chi connectivity index (χ2v) is 3.67. The molecule has 0 amide bonds. The van der Waals surface area contributed by atoms with Gasteiger partial charge in [-0.15, -0.1) is 5.10 Å². The summed E-state index contributed by atoms with van der Waals surface area (Å²) in [7, 11) is 2.92. The molecule has 8 heteroatoms. The van der Waals surface area contributed by atoms with Gasteiger partial charge in [-0.25, -0.2) is 0 Å². The third kappa shape index (κ3) is 3.19. The van der Waals surface area contributed by atoms with Gasteiger partial charge in [0.05, 0.1) is 18.5 Å². The molecule has 0 N–H and O–H groups in total. The summed E-state index contributed by atoms with van der Waals surface area (Å²) in [4.78, 5) is 23.2. The number of esters is 1. The molecule has 0 unspecified atom stereocenters. The zero-order chi connectivity index (χ0) is 13.7. The van der Waals surface area contributed by atoms with E-state index in [9.17, 15) is 14.9 Å². The molecule has 1 heterocycles. The van der Waals surface area contributed by atoms with Crippen LogP contribution in [0.1, 0.15) is 13.3 Å². The summed E-state index contributed by atoms with van der Waals surface area (Å²) in [6.07, 6.45) is 1.51. The second kappa shape index (κ2) is 5.99. The van der Waals surface area contributed by atoms with Crippen LogP contribution in [0.3, 0.4) is 0 Å². The topological polar surface area (TPSA) is 90.5 Å². The van der Waals surface area contributed by atoms with Crippen molar-refractivity contribution in [2.45, 2.75) is 13.3 Å². The quantitative estimate of drug-likeness (QED) is 0.423. The molecule has 0 fully saturated rings. The van der Waals surface area contributed by atoms with Gasteiger partial charge in [-0.1, -0.05) is 0 Å². The van der Waals surface area contributed by atoms with Gasteiger partial charge in [0.15, 0.2) is 0 Å². The van der Waals surface area contributed by atoms with E-state index in [-0.39, 0.29) is 23.9 Å². The first-order chi connectivity index (χ1) is 8.49. The predicted octanol–water partition coefficient (Wildman–Crippen LogP) is 0.718. The number of rotatable bonds is 6. The van der Waals surface area contributed by atoms with Crippen molar-refractivity contribution in [1.29, 1.82) is 0 Å². The largest absolute Gasteiger partial charge is 0.469 e. The van der Waals surface area contributed by atoms with Gasteiger partial charge in [0, 0.05) is 20.1 Å². The summed E-state index contributed by atoms with van der Waals surface area (Å²) in [5.74, 6) is -0.0825. The third-order valence-electron chi connectivity index (χ3n) is 2.48. The molecule has 8 nitrogen and oxygen atoms in total. The minimum absolute atomic E-state index is 0.0655. The Morgan fingerprint density at radius 1 is 1.67 bits per heavy atom. The predicted molar refractivity (Wildman–Crippen MR) is 64.4 cm³/mol. The first kappa shape index (κ1) is 13.9. The maximum atomic E-state index is 11.1. The number of aromatic nitrogens is 2. The molecule has 1 aromatic rings. The molecule has 0 saturated carbocycles. The number of ether oxygens (including phenoxy) is 1. The van der Waals surface area contributed by atoms with Crippen molar-refractivity contribution in [2.24, 2.45) is 7.05 Å². The number of aryl methyl sites for hydroxylation is 1. The maximum Gasteiger partial charge on any atom is 0.330 e. The number of methoxy groups -OCH3 is 1. The second-order valence-electron chi connectivity index (χ2n) is 3.67. The average Bonchev–Trinajstić information content (AvgIpc) is 2.72. The van der Waals surface area contributed by atoms with Gasteiger partial charge in [-0.3, -0.25) is 19.6 Å². The fourth-order valence-corrected chi connectivity index (χ4v) is 1.56. The van der Waals surface area contributed by atoms with Crippen molar-refractivity contribution >= 4 is 17.5 Å². The van der Waals surface area contributed by atoms with E-state index in [0.29, 0.717) is 13.1 Å². The van der Waals surface area contributed by atoms with Crippen LogP contribution in [-0.4, -0.2) is 40.9 Å². The van der Waals surface area contributed by atoms with Gasteiger partial charge in [0.1, 0.15) is 6.20 Å². The first-order valence-corrected chi connectivity index (χ1v) is 5.49. The zero-order valence-electron chi connectivity index (χ0n) is 10.6. The molecule has 0 spiro atoms. The van der Waals surface area contributed by atoms with Crippen molar-refractivity contribution in [3.05, 3.63) is 16.3 Å². The summed E-state index contributed by atoms with van der Waals surface area (Å²) in [6.45, 7) is 2.70. The minimum Gasteiger partial charge on any atom is -0.469 e. The van der Waals surface area contributed by atoms with Crippen LogP contribution in [-0.2, 0) is 16.6 Å². The molecule has 0 aromatic carbocycles. The number of nitro groups is 1. The number of carbonyl (C=O) groups is 1. The fraction of sp³-hybridized carbons (Fsp3) is 0.600. The molecule has 100 valence electrons. The van der Waals surface area contributed by atoms with Crippen LogP contribution in [0.15, 0.2) is 6.20 Å². The Morgan fingerprint density at radius 3 is 2.83 bits per heavy atom. The molecule has 0 aliphatic carbocycles. The van der Waals surface area contributed by atoms with E-state index < -0.39 is 4.92 Å². The smallest absolute Gasteiger partial charge is 0.330 e. The Kier molecular flexibility index (Phi) is 4.64. The van der Waals surface area contributed by atoms with Crippen molar-refractivity contribution in [2.75, 3.05) is 25.1 Å². The van der Waals surface area contributed by atoms with E-state index in [1.807, 2.05) is 6.92 Å². The van der Waals surface area contributed by atoms with Crippen molar-refractivity contribution < 1.29 is 14.5 Å². The summed E-state index contributed by atoms with van der Waals surface area (Å²) >= 11 is 0. The molecule has 1 aromatic heterocycles. The standard InChI is InChI=1S/C10H16N4O4/c1-4-13(6-5-9(15)18-3)10-8(14(16)17)7-12(2)11-10/h7H,4-6H2,1-3H3. The van der Waals surface area contributed by atoms with E-state index in [2.05, 4.69) is 9.84 Å². The normalized spacial score (nSPS) is 10.2. The Morgan fingerprint density at radius 2 is 2.33 bits per heavy atom. The van der Waals surface area contributed by atoms with Gasteiger partial charge >= 0.3 is 11.7 Å². The van der Waals surface area contributed by atoms with Gasteiger partial charge in [0.2, 0.25) is 5.82 Å². The number of carbonyl (C=O) groups excluding carboxylic acids is 1. The SMILES string of the molecule is CCN(CCC(=O)OC)c1nn(C)cc1[N+](=O)[O-]. The maximum absolute atomic E-state index is 11.1. The molecule has 18 heavy (non-hydrogen) atoms. The Hall–Kier alpha value is -2.12. The first-order valence-electron chi connectivity index (χ1n) is 5.49. The van der Waals surface area contributed by atoms with E-state index in [0.717, 1.165) is 0 Å². The van der Waals surface area contributed by atoms with E-state index >= 15 is 0 Å². The molecule has 0 aliphatic rings. The lowest BCUT2D eigenvalue weighted by Crippen LogP contribution is -2.27. The highest BCUT2D eigenvalue weighted by Gasteiger charge is 2.23. The lowest BCUT2D eigenvalue weighted by molar-refractivity contribution is -0.384. The van der Waals surface area contributed by atoms with Gasteiger partial charge in [-0.2, -0.15) is 0 Å². The highest BCUT2D eigenvalue weighted by molar-refractivity contribution is 5.70. The highest BCUT2D eigenvalue weighted by Crippen LogP contribution is 2.25. The Bertz CT molecular complexity index is 443. The number of hydrogen-bond acceptors (Lipinski definition) is 6. The third-order valence-corrected chi connectivity index (χ3v) is 2.48. The zero-order valence-corrected chi connectivity index (χ0v) is 10.6. The van der Waals surface area contributed by atoms with Crippen molar-refractivity contribution in [1.82, 2.24) is 9.78 Å². The van der Waals surface area contributed by atoms with Crippen LogP contribution in [0.2, 0.25) is 0 Å². The van der Waals surface area contributed by atoms with Gasteiger partial charge in [0.25, 0.3) is 0 Å². The van der Waals surface area contributed by atoms with Crippen LogP contribution in [0.25, 0.3) is 0 Å². The molecule has 1 rings (SSSR count). The summed E-state index contributed by atoms with van der Waals surface area (Å²) in [6, 6.07) is 0. The molecule has 0 aliphatic heterocycles. The van der Waals surface area contributed by atoms with E-state index in [1.165, 1.54) is 18.0 Å². The molecule has 0 atom stereocenters. The van der Waals surface area contributed by atoms with Crippen molar-refractivity contribution in [3.8, 4) is 0 Å². The number of hydrogen-bond donors (Lipinski definition) is 0. The summed E-state index contributed by atoms with van der Waals surface area (Å²) in [5.41, 5.74) is -0.0655. The van der Waals surface area contributed by atoms with Crippen molar-refractivity contribution in [3.63, 3.8) is 0 Å². The Labute approximate surface area is 104 Å². The van der Waals surface area contributed by atoms with Crippen LogP contribution >= 0.6 is 0 Å². The summed E-state index contributed by atoms with van der Waals surface area (Å²) < 4.78 is 5.92. The number of anilines is 1. The van der Waals surface area contributed by atoms with Crippen LogP contribution in [0, 0.1) is 10.1 Å². The lowest BCUT2D eigenvalue weighted by Gasteiger charge is -2.18. The van der Waals surface area contributed by atoms with E-state index in [4.69, 9.17) is 0 Å². The van der Waals surface area contributed by atoms with Crippen LogP contribution in [0.5, 0.6) is 0 Å². The van der Waals surface area contributed by atoms with Gasteiger partial charge < -0.3 is 9.64 Å². The number of nitrogens with zero attached hydrogens (tertiary/aromatic N) is 4. The van der Waals surface area contributed by atoms with Crippen LogP contribution < -0.4 is 4.90 Å².